The lowest BCUT2D eigenvalue weighted by atomic mass is 10.0. The maximum atomic E-state index is 13.2. The molecule has 142 valence electrons. The molecule has 3 aromatic rings. The molecule has 0 radical (unpaired) electrons. The average Bonchev–Trinajstić information content (AvgIpc) is 2.69. The van der Waals surface area contributed by atoms with Crippen LogP contribution in [0.2, 0.25) is 0 Å². The van der Waals surface area contributed by atoms with Gasteiger partial charge in [0.2, 0.25) is 0 Å². The van der Waals surface area contributed by atoms with Crippen molar-refractivity contribution in [2.24, 2.45) is 0 Å². The number of anilines is 1. The number of ether oxygens (including phenoxy) is 1. The summed E-state index contributed by atoms with van der Waals surface area (Å²) in [4.78, 5) is 25.9. The lowest BCUT2D eigenvalue weighted by Gasteiger charge is -2.16. The Hall–Kier alpha value is -1.96. The molecule has 0 aromatic heterocycles. The van der Waals surface area contributed by atoms with E-state index in [4.69, 9.17) is 4.74 Å². The molecule has 0 heterocycles. The molecule has 28 heavy (non-hydrogen) atoms. The van der Waals surface area contributed by atoms with Crippen molar-refractivity contribution < 1.29 is 14.3 Å². The van der Waals surface area contributed by atoms with Gasteiger partial charge in [0.1, 0.15) is 5.75 Å². The Labute approximate surface area is 187 Å². The third-order valence-corrected chi connectivity index (χ3v) is 5.87. The molecule has 0 spiro atoms. The van der Waals surface area contributed by atoms with E-state index >= 15 is 0 Å². The smallest absolute Gasteiger partial charge is 0.255 e. The zero-order chi connectivity index (χ0) is 20.3. The van der Waals surface area contributed by atoms with Gasteiger partial charge in [0.05, 0.1) is 27.3 Å². The molecule has 0 bridgehead atoms. The first-order valence-corrected chi connectivity index (χ1v) is 10.5. The molecule has 0 aliphatic heterocycles. The number of hydrogen-bond donors (Lipinski definition) is 1. The molecule has 0 saturated heterocycles. The molecule has 3 aromatic carbocycles. The van der Waals surface area contributed by atoms with Gasteiger partial charge < -0.3 is 10.1 Å². The van der Waals surface area contributed by atoms with Gasteiger partial charge in [-0.3, -0.25) is 9.59 Å². The van der Waals surface area contributed by atoms with Crippen molar-refractivity contribution in [2.45, 2.75) is 0 Å². The number of hydrogen-bond acceptors (Lipinski definition) is 3. The Morgan fingerprint density at radius 2 is 1.54 bits per heavy atom. The third-order valence-electron chi connectivity index (χ3n) is 4.00. The van der Waals surface area contributed by atoms with Crippen LogP contribution in [0.25, 0.3) is 0 Å². The standard InChI is InChI=1S/C21H14Br3NO3/c1-28-20-15(23)11-16(25-21(27)13-7-9-14(22)10-8-13)17(18(20)24)19(26)12-5-3-2-4-6-12/h2-11H,1H3,(H,25,27). The minimum atomic E-state index is -0.321. The molecule has 3 rings (SSSR count). The summed E-state index contributed by atoms with van der Waals surface area (Å²) in [7, 11) is 1.52. The minimum absolute atomic E-state index is 0.232. The fourth-order valence-corrected chi connectivity index (χ4v) is 4.53. The molecule has 0 aliphatic carbocycles. The number of ketones is 1. The predicted octanol–water partition coefficient (Wildman–Crippen LogP) is 6.47. The second-order valence-corrected chi connectivity index (χ2v) is 8.35. The number of rotatable bonds is 5. The molecular weight excluding hydrogens is 554 g/mol. The van der Waals surface area contributed by atoms with Crippen LogP contribution in [0, 0.1) is 0 Å². The van der Waals surface area contributed by atoms with Gasteiger partial charge in [-0.1, -0.05) is 46.3 Å². The SMILES string of the molecule is COc1c(Br)cc(NC(=O)c2ccc(Br)cc2)c(C(=O)c2ccccc2)c1Br. The quantitative estimate of drug-likeness (QED) is 0.360. The molecule has 1 amide bonds. The Morgan fingerprint density at radius 1 is 0.893 bits per heavy atom. The fourth-order valence-electron chi connectivity index (χ4n) is 2.64. The van der Waals surface area contributed by atoms with E-state index < -0.39 is 0 Å². The topological polar surface area (TPSA) is 55.4 Å². The largest absolute Gasteiger partial charge is 0.494 e. The van der Waals surface area contributed by atoms with Crippen LogP contribution in [0.1, 0.15) is 26.3 Å². The van der Waals surface area contributed by atoms with Crippen molar-refractivity contribution in [2.75, 3.05) is 12.4 Å². The number of amides is 1. The van der Waals surface area contributed by atoms with Crippen molar-refractivity contribution >= 4 is 65.2 Å². The molecule has 7 heteroatoms. The monoisotopic (exact) mass is 565 g/mol. The van der Waals surface area contributed by atoms with Crippen LogP contribution in [0.15, 0.2) is 74.1 Å². The maximum absolute atomic E-state index is 13.2. The van der Waals surface area contributed by atoms with Gasteiger partial charge in [-0.25, -0.2) is 0 Å². The van der Waals surface area contributed by atoms with Gasteiger partial charge in [0, 0.05) is 15.6 Å². The zero-order valence-electron chi connectivity index (χ0n) is 14.6. The van der Waals surface area contributed by atoms with E-state index in [-0.39, 0.29) is 11.7 Å². The van der Waals surface area contributed by atoms with Crippen LogP contribution in [-0.2, 0) is 0 Å². The number of carbonyl (C=O) groups is 2. The predicted molar refractivity (Wildman–Crippen MR) is 120 cm³/mol. The first-order chi connectivity index (χ1) is 13.4. The Kier molecular flexibility index (Phi) is 6.69. The lowest BCUT2D eigenvalue weighted by Crippen LogP contribution is -2.16. The molecule has 0 fully saturated rings. The summed E-state index contributed by atoms with van der Waals surface area (Å²) >= 11 is 10.2. The van der Waals surface area contributed by atoms with E-state index in [2.05, 4.69) is 53.1 Å². The second-order valence-electron chi connectivity index (χ2n) is 5.78. The first kappa shape index (κ1) is 20.8. The summed E-state index contributed by atoms with van der Waals surface area (Å²) in [5.41, 5.74) is 1.68. The lowest BCUT2D eigenvalue weighted by molar-refractivity contribution is 0.102. The molecule has 1 N–H and O–H groups in total. The van der Waals surface area contributed by atoms with Crippen molar-refractivity contribution in [3.05, 3.63) is 90.8 Å². The summed E-state index contributed by atoms with van der Waals surface area (Å²) in [6, 6.07) is 17.5. The van der Waals surface area contributed by atoms with Crippen LogP contribution >= 0.6 is 47.8 Å². The maximum Gasteiger partial charge on any atom is 0.255 e. The number of halogens is 3. The molecule has 0 aliphatic rings. The minimum Gasteiger partial charge on any atom is -0.494 e. The molecular formula is C21H14Br3NO3. The average molecular weight is 568 g/mol. The van der Waals surface area contributed by atoms with E-state index in [0.717, 1.165) is 4.47 Å². The van der Waals surface area contributed by atoms with Gasteiger partial charge in [0.25, 0.3) is 5.91 Å². The Bertz CT molecular complexity index is 1040. The van der Waals surface area contributed by atoms with E-state index in [1.165, 1.54) is 7.11 Å². The van der Waals surface area contributed by atoms with E-state index in [1.807, 2.05) is 6.07 Å². The molecule has 0 unspecified atom stereocenters. The van der Waals surface area contributed by atoms with Crippen molar-refractivity contribution in [3.63, 3.8) is 0 Å². The number of nitrogens with one attached hydrogen (secondary N) is 1. The van der Waals surface area contributed by atoms with E-state index in [1.54, 1.807) is 54.6 Å². The van der Waals surface area contributed by atoms with Crippen LogP contribution in [0.4, 0.5) is 5.69 Å². The summed E-state index contributed by atoms with van der Waals surface area (Å²) in [6.45, 7) is 0. The van der Waals surface area contributed by atoms with Gasteiger partial charge in [-0.2, -0.15) is 0 Å². The van der Waals surface area contributed by atoms with Crippen molar-refractivity contribution in [1.82, 2.24) is 0 Å². The highest BCUT2D eigenvalue weighted by Gasteiger charge is 2.24. The normalized spacial score (nSPS) is 10.4. The Balaban J connectivity index is 2.08. The summed E-state index contributed by atoms with van der Waals surface area (Å²) < 4.78 is 7.34. The molecule has 0 atom stereocenters. The third kappa shape index (κ3) is 4.37. The van der Waals surface area contributed by atoms with E-state index in [9.17, 15) is 9.59 Å². The van der Waals surface area contributed by atoms with Crippen LogP contribution in [0.5, 0.6) is 5.75 Å². The van der Waals surface area contributed by atoms with Crippen LogP contribution < -0.4 is 10.1 Å². The van der Waals surface area contributed by atoms with Gasteiger partial charge in [-0.15, -0.1) is 0 Å². The Morgan fingerprint density at radius 3 is 2.14 bits per heavy atom. The fraction of sp³-hybridized carbons (Fsp3) is 0.0476. The van der Waals surface area contributed by atoms with E-state index in [0.29, 0.717) is 37.1 Å². The van der Waals surface area contributed by atoms with Gasteiger partial charge >= 0.3 is 0 Å². The highest BCUT2D eigenvalue weighted by molar-refractivity contribution is 9.11. The number of methoxy groups -OCH3 is 1. The van der Waals surface area contributed by atoms with Crippen molar-refractivity contribution in [1.29, 1.82) is 0 Å². The highest BCUT2D eigenvalue weighted by Crippen LogP contribution is 2.41. The number of carbonyl (C=O) groups excluding carboxylic acids is 2. The summed E-state index contributed by atoms with van der Waals surface area (Å²) in [5.74, 6) is -0.0797. The number of benzene rings is 3. The van der Waals surface area contributed by atoms with Crippen molar-refractivity contribution in [3.8, 4) is 5.75 Å². The zero-order valence-corrected chi connectivity index (χ0v) is 19.4. The molecule has 0 saturated carbocycles. The van der Waals surface area contributed by atoms with Gasteiger partial charge in [-0.05, 0) is 62.2 Å². The highest BCUT2D eigenvalue weighted by atomic mass is 79.9. The van der Waals surface area contributed by atoms with Crippen LogP contribution in [0.3, 0.4) is 0 Å². The first-order valence-electron chi connectivity index (χ1n) is 8.15. The van der Waals surface area contributed by atoms with Gasteiger partial charge in [0.15, 0.2) is 5.78 Å². The summed E-state index contributed by atoms with van der Waals surface area (Å²) in [6.07, 6.45) is 0. The second kappa shape index (κ2) is 9.03. The molecule has 4 nitrogen and oxygen atoms in total. The summed E-state index contributed by atoms with van der Waals surface area (Å²) in [5, 5.41) is 2.84. The van der Waals surface area contributed by atoms with Crippen LogP contribution in [-0.4, -0.2) is 18.8 Å².